The summed E-state index contributed by atoms with van der Waals surface area (Å²) in [6.07, 6.45) is 1.80. The van der Waals surface area contributed by atoms with E-state index in [9.17, 15) is 0 Å². The van der Waals surface area contributed by atoms with Crippen molar-refractivity contribution in [1.82, 2.24) is 9.97 Å². The van der Waals surface area contributed by atoms with Gasteiger partial charge in [-0.3, -0.25) is 4.98 Å². The highest BCUT2D eigenvalue weighted by Gasteiger charge is 2.09. The van der Waals surface area contributed by atoms with Gasteiger partial charge < -0.3 is 0 Å². The second-order valence-electron chi connectivity index (χ2n) is 5.06. The molecule has 22 heavy (non-hydrogen) atoms. The van der Waals surface area contributed by atoms with Gasteiger partial charge in [-0.1, -0.05) is 48.5 Å². The van der Waals surface area contributed by atoms with Gasteiger partial charge in [0, 0.05) is 22.7 Å². The zero-order valence-electron chi connectivity index (χ0n) is 11.9. The average Bonchev–Trinajstić information content (AvgIpc) is 2.62. The van der Waals surface area contributed by atoms with Crippen LogP contribution in [0.15, 0.2) is 79.0 Å². The minimum absolute atomic E-state index is 0.910. The predicted molar refractivity (Wildman–Crippen MR) is 89.2 cm³/mol. The largest absolute Gasteiger partial charge is 0.256 e. The van der Waals surface area contributed by atoms with Crippen molar-refractivity contribution in [2.45, 2.75) is 0 Å². The van der Waals surface area contributed by atoms with Crippen LogP contribution in [-0.2, 0) is 0 Å². The Kier molecular flexibility index (Phi) is 3.13. The summed E-state index contributed by atoms with van der Waals surface area (Å²) in [7, 11) is 0. The average molecular weight is 281 g/mol. The highest BCUT2D eigenvalue weighted by Crippen LogP contribution is 2.30. The van der Waals surface area contributed by atoms with Crippen molar-refractivity contribution in [2.75, 3.05) is 0 Å². The molecule has 0 atom stereocenters. The predicted octanol–water partition coefficient (Wildman–Crippen LogP) is 4.76. The summed E-state index contributed by atoms with van der Waals surface area (Å²) in [6, 6.07) is 27.5. The molecule has 0 saturated heterocycles. The number of para-hydroxylation sites is 1. The topological polar surface area (TPSA) is 25.8 Å². The number of rotatable bonds is 2. The summed E-state index contributed by atoms with van der Waals surface area (Å²) in [4.78, 5) is 9.22. The molecule has 2 aromatic carbocycles. The van der Waals surface area contributed by atoms with E-state index in [0.717, 1.165) is 33.4 Å². The molecule has 0 N–H and O–H groups in total. The molecule has 0 aliphatic rings. The van der Waals surface area contributed by atoms with E-state index >= 15 is 0 Å². The van der Waals surface area contributed by atoms with E-state index in [1.54, 1.807) is 6.20 Å². The zero-order valence-corrected chi connectivity index (χ0v) is 11.9. The van der Waals surface area contributed by atoms with Crippen molar-refractivity contribution in [3.05, 3.63) is 85.1 Å². The Balaban J connectivity index is 1.92. The van der Waals surface area contributed by atoms with Crippen LogP contribution in [-0.4, -0.2) is 9.97 Å². The summed E-state index contributed by atoms with van der Waals surface area (Å²) in [5.74, 6) is 0. The van der Waals surface area contributed by atoms with Gasteiger partial charge in [0.05, 0.1) is 16.9 Å². The lowest BCUT2D eigenvalue weighted by Crippen LogP contribution is -1.90. The molecule has 4 aromatic rings. The lowest BCUT2D eigenvalue weighted by molar-refractivity contribution is 1.32. The van der Waals surface area contributed by atoms with Crippen molar-refractivity contribution in [3.63, 3.8) is 0 Å². The zero-order chi connectivity index (χ0) is 14.8. The van der Waals surface area contributed by atoms with Gasteiger partial charge in [-0.15, -0.1) is 0 Å². The van der Waals surface area contributed by atoms with Gasteiger partial charge in [-0.2, -0.15) is 0 Å². The first-order valence-corrected chi connectivity index (χ1v) is 7.20. The third-order valence-electron chi connectivity index (χ3n) is 3.65. The summed E-state index contributed by atoms with van der Waals surface area (Å²) >= 11 is 0. The number of fused-ring (bicyclic) bond motifs is 1. The van der Waals surface area contributed by atoms with Crippen LogP contribution < -0.4 is 0 Å². The van der Waals surface area contributed by atoms with E-state index in [4.69, 9.17) is 4.98 Å². The van der Waals surface area contributed by atoms with Gasteiger partial charge in [-0.25, -0.2) is 4.98 Å². The third kappa shape index (κ3) is 2.25. The number of hydrogen-bond acceptors (Lipinski definition) is 2. The number of pyridine rings is 2. The van der Waals surface area contributed by atoms with Gasteiger partial charge >= 0.3 is 0 Å². The highest BCUT2D eigenvalue weighted by molar-refractivity contribution is 5.85. The SMILES string of the molecule is [c]1cccc(-c2ccc3ccccc3n2)c1-c1ccccn1. The summed E-state index contributed by atoms with van der Waals surface area (Å²) in [5.41, 5.74) is 4.87. The maximum atomic E-state index is 4.78. The van der Waals surface area contributed by atoms with Crippen molar-refractivity contribution in [3.8, 4) is 22.5 Å². The first-order chi connectivity index (χ1) is 10.9. The fraction of sp³-hybridized carbons (Fsp3) is 0. The quantitative estimate of drug-likeness (QED) is 0.529. The van der Waals surface area contributed by atoms with Crippen LogP contribution in [0.2, 0.25) is 0 Å². The molecule has 1 radical (unpaired) electrons. The number of aromatic nitrogens is 2. The lowest BCUT2D eigenvalue weighted by atomic mass is 10.0. The van der Waals surface area contributed by atoms with Gasteiger partial charge in [0.1, 0.15) is 0 Å². The van der Waals surface area contributed by atoms with Crippen LogP contribution >= 0.6 is 0 Å². The fourth-order valence-corrected chi connectivity index (χ4v) is 2.59. The smallest absolute Gasteiger partial charge is 0.0716 e. The van der Waals surface area contributed by atoms with E-state index in [2.05, 4.69) is 35.3 Å². The highest BCUT2D eigenvalue weighted by atomic mass is 14.7. The van der Waals surface area contributed by atoms with Gasteiger partial charge in [0.15, 0.2) is 0 Å². The molecule has 0 aliphatic heterocycles. The molecule has 0 saturated carbocycles. The molecule has 2 heteroatoms. The number of nitrogens with zero attached hydrogens (tertiary/aromatic N) is 2. The molecule has 2 nitrogen and oxygen atoms in total. The van der Waals surface area contributed by atoms with Crippen molar-refractivity contribution in [2.24, 2.45) is 0 Å². The lowest BCUT2D eigenvalue weighted by Gasteiger charge is -2.09. The Labute approximate surface area is 129 Å². The maximum Gasteiger partial charge on any atom is 0.0716 e. The molecule has 0 fully saturated rings. The number of benzene rings is 2. The first-order valence-electron chi connectivity index (χ1n) is 7.20. The second-order valence-corrected chi connectivity index (χ2v) is 5.06. The maximum absolute atomic E-state index is 4.78. The molecule has 0 aliphatic carbocycles. The molecule has 0 bridgehead atoms. The minimum Gasteiger partial charge on any atom is -0.256 e. The van der Waals surface area contributed by atoms with Crippen molar-refractivity contribution in [1.29, 1.82) is 0 Å². The molecular formula is C20H13N2. The van der Waals surface area contributed by atoms with Crippen LogP contribution in [0.5, 0.6) is 0 Å². The van der Waals surface area contributed by atoms with E-state index in [0.29, 0.717) is 0 Å². The Morgan fingerprint density at radius 2 is 1.64 bits per heavy atom. The Morgan fingerprint density at radius 3 is 2.55 bits per heavy atom. The van der Waals surface area contributed by atoms with E-state index in [-0.39, 0.29) is 0 Å². The molecule has 103 valence electrons. The monoisotopic (exact) mass is 281 g/mol. The normalized spacial score (nSPS) is 10.7. The van der Waals surface area contributed by atoms with Crippen molar-refractivity contribution < 1.29 is 0 Å². The third-order valence-corrected chi connectivity index (χ3v) is 3.65. The number of hydrogen-bond donors (Lipinski definition) is 0. The Bertz CT molecular complexity index is 930. The summed E-state index contributed by atoms with van der Waals surface area (Å²) in [6.45, 7) is 0. The van der Waals surface area contributed by atoms with Crippen LogP contribution in [0.25, 0.3) is 33.4 Å². The van der Waals surface area contributed by atoms with E-state index < -0.39 is 0 Å². The van der Waals surface area contributed by atoms with E-state index in [1.165, 1.54) is 0 Å². The molecule has 0 spiro atoms. The molecule has 2 aromatic heterocycles. The van der Waals surface area contributed by atoms with Gasteiger partial charge in [0.25, 0.3) is 0 Å². The van der Waals surface area contributed by atoms with Crippen LogP contribution in [0.4, 0.5) is 0 Å². The molecule has 4 rings (SSSR count). The Hall–Kier alpha value is -3.00. The molecular weight excluding hydrogens is 268 g/mol. The summed E-state index contributed by atoms with van der Waals surface area (Å²) in [5, 5.41) is 1.14. The first kappa shape index (κ1) is 12.7. The fourth-order valence-electron chi connectivity index (χ4n) is 2.59. The van der Waals surface area contributed by atoms with Gasteiger partial charge in [0.2, 0.25) is 0 Å². The molecule has 0 unspecified atom stereocenters. The van der Waals surface area contributed by atoms with Crippen LogP contribution in [0.3, 0.4) is 0 Å². The summed E-state index contributed by atoms with van der Waals surface area (Å²) < 4.78 is 0. The van der Waals surface area contributed by atoms with Crippen molar-refractivity contribution >= 4 is 10.9 Å². The van der Waals surface area contributed by atoms with Gasteiger partial charge in [-0.05, 0) is 30.3 Å². The van der Waals surface area contributed by atoms with Crippen LogP contribution in [0.1, 0.15) is 0 Å². The molecule has 2 heterocycles. The van der Waals surface area contributed by atoms with E-state index in [1.807, 2.05) is 48.5 Å². The molecule has 0 amide bonds. The van der Waals surface area contributed by atoms with Crippen LogP contribution in [0, 0.1) is 6.07 Å². The minimum atomic E-state index is 0.910. The Morgan fingerprint density at radius 1 is 0.727 bits per heavy atom. The second kappa shape index (κ2) is 5.41. The standard InChI is InChI=1S/C20H13N2/c1-4-10-18-15(7-1)12-13-20(22-18)17-9-3-2-8-16(17)19-11-5-6-14-21-19/h1-7,9-14H.